The number of nitrogens with one attached hydrogen (secondary N) is 2. The highest BCUT2D eigenvalue weighted by Crippen LogP contribution is 2.13. The van der Waals surface area contributed by atoms with E-state index < -0.39 is 0 Å². The molecule has 0 bridgehead atoms. The number of carbonyl (C=O) groups excluding carboxylic acids is 1. The van der Waals surface area contributed by atoms with Gasteiger partial charge in [-0.3, -0.25) is 0 Å². The fourth-order valence-corrected chi connectivity index (χ4v) is 1.80. The zero-order chi connectivity index (χ0) is 15.9. The van der Waals surface area contributed by atoms with Crippen LogP contribution in [-0.2, 0) is 0 Å². The molecule has 2 rings (SSSR count). The minimum absolute atomic E-state index is 0.216. The van der Waals surface area contributed by atoms with Crippen LogP contribution in [-0.4, -0.2) is 12.6 Å². The average Bonchev–Trinajstić information content (AvgIpc) is 2.49. The highest BCUT2D eigenvalue weighted by atomic mass is 19.1. The molecule has 112 valence electrons. The number of halogens is 1. The quantitative estimate of drug-likeness (QED) is 0.817. The second kappa shape index (κ2) is 7.28. The second-order valence-electron chi connectivity index (χ2n) is 4.92. The largest absolute Gasteiger partial charge is 0.327 e. The number of hydrogen-bond donors (Lipinski definition) is 2. The van der Waals surface area contributed by atoms with E-state index in [0.29, 0.717) is 5.56 Å². The van der Waals surface area contributed by atoms with Gasteiger partial charge in [-0.25, -0.2) is 9.18 Å². The third kappa shape index (κ3) is 4.64. The Hall–Kier alpha value is -2.80. The molecule has 22 heavy (non-hydrogen) atoms. The third-order valence-electron chi connectivity index (χ3n) is 3.18. The number of aryl methyl sites for hydroxylation is 2. The molecule has 0 aliphatic heterocycles. The van der Waals surface area contributed by atoms with Gasteiger partial charge in [-0.05, 0) is 61.4 Å². The lowest BCUT2D eigenvalue weighted by Gasteiger charge is -2.07. The van der Waals surface area contributed by atoms with Crippen LogP contribution in [0.1, 0.15) is 16.7 Å². The Morgan fingerprint density at radius 1 is 1.09 bits per heavy atom. The summed E-state index contributed by atoms with van der Waals surface area (Å²) >= 11 is 0. The maximum absolute atomic E-state index is 12.7. The van der Waals surface area contributed by atoms with E-state index in [1.165, 1.54) is 17.7 Å². The van der Waals surface area contributed by atoms with Gasteiger partial charge in [-0.1, -0.05) is 17.9 Å². The van der Waals surface area contributed by atoms with Crippen molar-refractivity contribution in [3.63, 3.8) is 0 Å². The Morgan fingerprint density at radius 2 is 1.82 bits per heavy atom. The molecule has 0 atom stereocenters. The number of carbonyl (C=O) groups is 1. The maximum atomic E-state index is 12.7. The van der Waals surface area contributed by atoms with Crippen LogP contribution in [0.4, 0.5) is 14.9 Å². The van der Waals surface area contributed by atoms with Crippen LogP contribution in [0.25, 0.3) is 0 Å². The molecule has 0 fully saturated rings. The molecule has 2 N–H and O–H groups in total. The molecule has 0 aliphatic rings. The molecule has 2 aromatic rings. The van der Waals surface area contributed by atoms with Crippen molar-refractivity contribution >= 4 is 11.7 Å². The Morgan fingerprint density at radius 3 is 2.50 bits per heavy atom. The van der Waals surface area contributed by atoms with Crippen LogP contribution in [0, 0.1) is 31.5 Å². The van der Waals surface area contributed by atoms with Crippen molar-refractivity contribution in [2.45, 2.75) is 13.8 Å². The van der Waals surface area contributed by atoms with Gasteiger partial charge in [-0.15, -0.1) is 0 Å². The summed E-state index contributed by atoms with van der Waals surface area (Å²) in [5.74, 6) is 5.37. The Balaban J connectivity index is 1.83. The van der Waals surface area contributed by atoms with Gasteiger partial charge in [0, 0.05) is 11.3 Å². The van der Waals surface area contributed by atoms with E-state index in [4.69, 9.17) is 0 Å². The van der Waals surface area contributed by atoms with E-state index in [2.05, 4.69) is 22.5 Å². The molecule has 2 aromatic carbocycles. The first-order valence-corrected chi connectivity index (χ1v) is 6.91. The predicted octanol–water partition coefficient (Wildman–Crippen LogP) is 3.62. The van der Waals surface area contributed by atoms with Crippen molar-refractivity contribution in [3.8, 4) is 11.8 Å². The highest BCUT2D eigenvalue weighted by molar-refractivity contribution is 5.89. The molecular formula is C18H17FN2O. The van der Waals surface area contributed by atoms with Crippen molar-refractivity contribution in [2.75, 3.05) is 11.9 Å². The first-order chi connectivity index (χ1) is 10.5. The van der Waals surface area contributed by atoms with E-state index in [1.54, 1.807) is 12.1 Å². The lowest BCUT2D eigenvalue weighted by Crippen LogP contribution is -2.28. The van der Waals surface area contributed by atoms with Gasteiger partial charge in [0.05, 0.1) is 6.54 Å². The zero-order valence-electron chi connectivity index (χ0n) is 12.5. The van der Waals surface area contributed by atoms with E-state index in [0.717, 1.165) is 11.3 Å². The molecule has 0 heterocycles. The van der Waals surface area contributed by atoms with Gasteiger partial charge in [0.2, 0.25) is 0 Å². The van der Waals surface area contributed by atoms with Crippen molar-refractivity contribution in [1.29, 1.82) is 0 Å². The highest BCUT2D eigenvalue weighted by Gasteiger charge is 2.01. The topological polar surface area (TPSA) is 41.1 Å². The van der Waals surface area contributed by atoms with Crippen LogP contribution < -0.4 is 10.6 Å². The number of hydrogen-bond acceptors (Lipinski definition) is 1. The fourth-order valence-electron chi connectivity index (χ4n) is 1.80. The fraction of sp³-hybridized carbons (Fsp3) is 0.167. The second-order valence-corrected chi connectivity index (χ2v) is 4.92. The molecular weight excluding hydrogens is 279 g/mol. The number of benzene rings is 2. The van der Waals surface area contributed by atoms with Crippen LogP contribution in [0.15, 0.2) is 42.5 Å². The van der Waals surface area contributed by atoms with Gasteiger partial charge < -0.3 is 10.6 Å². The van der Waals surface area contributed by atoms with Crippen LogP contribution in [0.2, 0.25) is 0 Å². The molecule has 0 aliphatic carbocycles. The Kier molecular flexibility index (Phi) is 5.16. The van der Waals surface area contributed by atoms with Crippen molar-refractivity contribution in [3.05, 3.63) is 65.0 Å². The van der Waals surface area contributed by atoms with Crippen LogP contribution >= 0.6 is 0 Å². The summed E-state index contributed by atoms with van der Waals surface area (Å²) in [6.45, 7) is 4.23. The minimum atomic E-state index is -0.309. The normalized spacial score (nSPS) is 9.59. The number of amides is 2. The lowest BCUT2D eigenvalue weighted by molar-refractivity contribution is 0.253. The maximum Gasteiger partial charge on any atom is 0.319 e. The van der Waals surface area contributed by atoms with Crippen molar-refractivity contribution in [1.82, 2.24) is 5.32 Å². The molecule has 2 amide bonds. The molecule has 0 saturated carbocycles. The summed E-state index contributed by atoms with van der Waals surface area (Å²) in [7, 11) is 0. The molecule has 0 radical (unpaired) electrons. The Bertz CT molecular complexity index is 727. The zero-order valence-corrected chi connectivity index (χ0v) is 12.5. The smallest absolute Gasteiger partial charge is 0.319 e. The minimum Gasteiger partial charge on any atom is -0.327 e. The van der Waals surface area contributed by atoms with Gasteiger partial charge in [0.25, 0.3) is 0 Å². The third-order valence-corrected chi connectivity index (χ3v) is 3.18. The average molecular weight is 296 g/mol. The first kappa shape index (κ1) is 15.6. The molecule has 4 heteroatoms. The van der Waals surface area contributed by atoms with Crippen LogP contribution in [0.3, 0.4) is 0 Å². The lowest BCUT2D eigenvalue weighted by atomic mass is 10.1. The summed E-state index contributed by atoms with van der Waals surface area (Å²) in [6, 6.07) is 11.3. The molecule has 3 nitrogen and oxygen atoms in total. The monoisotopic (exact) mass is 296 g/mol. The standard InChI is InChI=1S/C18H17FN2O/c1-13-5-10-17(12-14(13)2)21-18(22)20-11-3-4-15-6-8-16(19)9-7-15/h5-10,12H,11H2,1-2H3,(H2,20,21,22). The molecule has 0 aromatic heterocycles. The van der Waals surface area contributed by atoms with Crippen molar-refractivity contribution in [2.24, 2.45) is 0 Å². The van der Waals surface area contributed by atoms with Gasteiger partial charge >= 0.3 is 6.03 Å². The van der Waals surface area contributed by atoms with Gasteiger partial charge in [-0.2, -0.15) is 0 Å². The van der Waals surface area contributed by atoms with E-state index in [-0.39, 0.29) is 18.4 Å². The molecule has 0 saturated heterocycles. The van der Waals surface area contributed by atoms with Gasteiger partial charge in [0.1, 0.15) is 5.82 Å². The Labute approximate surface area is 129 Å². The molecule has 0 spiro atoms. The summed E-state index contributed by atoms with van der Waals surface area (Å²) in [5, 5.41) is 5.40. The number of urea groups is 1. The van der Waals surface area contributed by atoms with E-state index in [1.807, 2.05) is 32.0 Å². The number of anilines is 1. The van der Waals surface area contributed by atoms with Crippen molar-refractivity contribution < 1.29 is 9.18 Å². The number of rotatable bonds is 2. The summed E-state index contributed by atoms with van der Waals surface area (Å²) in [5.41, 5.74) is 3.75. The van der Waals surface area contributed by atoms with E-state index in [9.17, 15) is 9.18 Å². The summed E-state index contributed by atoms with van der Waals surface area (Å²) in [4.78, 5) is 11.7. The molecule has 0 unspecified atom stereocenters. The van der Waals surface area contributed by atoms with E-state index >= 15 is 0 Å². The SMILES string of the molecule is Cc1ccc(NC(=O)NCC#Cc2ccc(F)cc2)cc1C. The summed E-state index contributed by atoms with van der Waals surface area (Å²) < 4.78 is 12.7. The van der Waals surface area contributed by atoms with Crippen LogP contribution in [0.5, 0.6) is 0 Å². The predicted molar refractivity (Wildman–Crippen MR) is 86.2 cm³/mol. The van der Waals surface area contributed by atoms with Gasteiger partial charge in [0.15, 0.2) is 0 Å². The summed E-state index contributed by atoms with van der Waals surface area (Å²) in [6.07, 6.45) is 0. The first-order valence-electron chi connectivity index (χ1n) is 6.91.